The van der Waals surface area contributed by atoms with Gasteiger partial charge in [-0.1, -0.05) is 26.8 Å². The third-order valence-corrected chi connectivity index (χ3v) is 11.2. The van der Waals surface area contributed by atoms with E-state index in [1.54, 1.807) is 20.8 Å². The van der Waals surface area contributed by atoms with Crippen molar-refractivity contribution in [1.29, 1.82) is 0 Å². The molecule has 4 rings (SSSR count). The van der Waals surface area contributed by atoms with Crippen LogP contribution in [0.15, 0.2) is 24.3 Å². The Morgan fingerprint density at radius 2 is 1.81 bits per heavy atom. The van der Waals surface area contributed by atoms with Gasteiger partial charge in [0.1, 0.15) is 11.9 Å². The standard InChI is InChI=1S/C38H60FN3O11/c1-12-28-38(8)32(52-36(46)53-38)24(6)42(11)19-20(2)18-37(7,47)31(22(4)29(43)23(5)33(44)49-28)51-34-30(27(41(9)10)16-21(3)48-34)50-35(45)40-26-15-13-14-25(39)17-26/h13-15,17,20-24,27-32,34,43,47H,12,16,18-19H2,1-11H3,(H,40,45)/t20-,21-,22+,23-,24-,27+,28-,29+,30-,31-,32-,34+,37-,38-/m1/s1. The van der Waals surface area contributed by atoms with Crippen LogP contribution < -0.4 is 5.32 Å². The molecule has 1 amide bonds. The van der Waals surface area contributed by atoms with E-state index in [1.165, 1.54) is 25.1 Å². The third kappa shape index (κ3) is 9.78. The van der Waals surface area contributed by atoms with Crippen LogP contribution in [0.3, 0.4) is 0 Å². The normalized spacial score (nSPS) is 40.6. The number of ether oxygens (including phenoxy) is 6. The lowest BCUT2D eigenvalue weighted by atomic mass is 9.78. The largest absolute Gasteiger partial charge is 0.509 e. The fourth-order valence-electron chi connectivity index (χ4n) is 8.30. The molecule has 1 aromatic carbocycles. The number of hydrogen-bond donors (Lipinski definition) is 3. The molecule has 14 nitrogen and oxygen atoms in total. The van der Waals surface area contributed by atoms with Gasteiger partial charge in [0.15, 0.2) is 24.1 Å². The van der Waals surface area contributed by atoms with E-state index >= 15 is 0 Å². The highest BCUT2D eigenvalue weighted by atomic mass is 19.1. The number of cyclic esters (lactones) is 1. The molecule has 3 saturated heterocycles. The number of carbonyl (C=O) groups is 3. The monoisotopic (exact) mass is 753 g/mol. The third-order valence-electron chi connectivity index (χ3n) is 11.2. The summed E-state index contributed by atoms with van der Waals surface area (Å²) >= 11 is 0. The minimum absolute atomic E-state index is 0.163. The van der Waals surface area contributed by atoms with E-state index in [0.717, 1.165) is 6.07 Å². The van der Waals surface area contributed by atoms with Crippen LogP contribution in [-0.4, -0.2) is 132 Å². The van der Waals surface area contributed by atoms with Crippen LogP contribution in [0.4, 0.5) is 19.7 Å². The lowest BCUT2D eigenvalue weighted by Crippen LogP contribution is -2.60. The number of aliphatic hydroxyl groups excluding tert-OH is 1. The Labute approximate surface area is 312 Å². The molecule has 3 aliphatic rings. The number of carbonyl (C=O) groups excluding carboxylic acids is 3. The maximum atomic E-state index is 13.9. The van der Waals surface area contributed by atoms with Gasteiger partial charge in [-0.05, 0) is 99.1 Å². The predicted molar refractivity (Wildman–Crippen MR) is 192 cm³/mol. The fraction of sp³-hybridized carbons (Fsp3) is 0.763. The second kappa shape index (κ2) is 17.2. The summed E-state index contributed by atoms with van der Waals surface area (Å²) in [6, 6.07) is 4.64. The molecule has 0 bridgehead atoms. The molecule has 1 aromatic rings. The van der Waals surface area contributed by atoms with Gasteiger partial charge in [0.2, 0.25) is 0 Å². The van der Waals surface area contributed by atoms with Crippen LogP contribution >= 0.6 is 0 Å². The molecule has 0 spiro atoms. The molecule has 3 fully saturated rings. The number of fused-ring (bicyclic) bond motifs is 1. The van der Waals surface area contributed by atoms with Gasteiger partial charge in [-0.3, -0.25) is 15.0 Å². The van der Waals surface area contributed by atoms with Crippen molar-refractivity contribution >= 4 is 23.9 Å². The summed E-state index contributed by atoms with van der Waals surface area (Å²) in [5, 5.41) is 26.7. The number of hydrogen-bond acceptors (Lipinski definition) is 13. The first-order valence-corrected chi connectivity index (χ1v) is 18.6. The van der Waals surface area contributed by atoms with E-state index in [0.29, 0.717) is 19.4 Å². The number of rotatable bonds is 6. The Morgan fingerprint density at radius 3 is 2.43 bits per heavy atom. The van der Waals surface area contributed by atoms with Crippen molar-refractivity contribution in [2.75, 3.05) is 33.0 Å². The number of nitrogens with one attached hydrogen (secondary N) is 1. The molecule has 0 aliphatic carbocycles. The van der Waals surface area contributed by atoms with Gasteiger partial charge >= 0.3 is 18.2 Å². The number of esters is 1. The molecule has 0 aromatic heterocycles. The zero-order chi connectivity index (χ0) is 39.6. The van der Waals surface area contributed by atoms with Crippen LogP contribution in [-0.2, 0) is 33.2 Å². The zero-order valence-corrected chi connectivity index (χ0v) is 32.9. The zero-order valence-electron chi connectivity index (χ0n) is 32.9. The van der Waals surface area contributed by atoms with E-state index in [9.17, 15) is 29.0 Å². The van der Waals surface area contributed by atoms with E-state index in [-0.39, 0.29) is 36.2 Å². The highest BCUT2D eigenvalue weighted by Crippen LogP contribution is 2.40. The lowest BCUT2D eigenvalue weighted by molar-refractivity contribution is -0.297. The SMILES string of the molecule is CC[C@H]1OC(=O)[C@H](C)[C@@H](O)[C@H](C)[C@@H](O[C@@H]2O[C@H](C)C[C@H](N(C)C)[C@H]2OC(=O)Nc2cccc(F)c2)[C@](C)(O)C[C@@H](C)CN(C)[C@H](C)[C@H]2OC(=O)O[C@@]21C. The van der Waals surface area contributed by atoms with E-state index < -0.39 is 83.9 Å². The molecule has 15 heteroatoms. The first-order valence-electron chi connectivity index (χ1n) is 18.6. The van der Waals surface area contributed by atoms with E-state index in [1.807, 2.05) is 58.6 Å². The van der Waals surface area contributed by atoms with Crippen LogP contribution in [0, 0.1) is 23.6 Å². The highest BCUT2D eigenvalue weighted by molar-refractivity contribution is 5.84. The predicted octanol–water partition coefficient (Wildman–Crippen LogP) is 4.55. The van der Waals surface area contributed by atoms with Gasteiger partial charge in [-0.2, -0.15) is 0 Å². The number of benzene rings is 1. The smallest absolute Gasteiger partial charge is 0.458 e. The maximum absolute atomic E-state index is 13.9. The number of likely N-dealkylation sites (N-methyl/N-ethyl adjacent to an activating group) is 2. The van der Waals surface area contributed by atoms with Gasteiger partial charge in [-0.25, -0.2) is 14.0 Å². The van der Waals surface area contributed by atoms with Crippen molar-refractivity contribution < 1.29 is 57.4 Å². The molecule has 53 heavy (non-hydrogen) atoms. The molecule has 14 atom stereocenters. The number of halogens is 1. The van der Waals surface area contributed by atoms with Gasteiger partial charge in [-0.15, -0.1) is 0 Å². The topological polar surface area (TPSA) is 166 Å². The van der Waals surface area contributed by atoms with Crippen molar-refractivity contribution in [3.05, 3.63) is 30.1 Å². The Morgan fingerprint density at radius 1 is 1.13 bits per heavy atom. The van der Waals surface area contributed by atoms with E-state index in [2.05, 4.69) is 5.32 Å². The van der Waals surface area contributed by atoms with E-state index in [4.69, 9.17) is 28.4 Å². The second-order valence-electron chi connectivity index (χ2n) is 16.0. The average molecular weight is 754 g/mol. The summed E-state index contributed by atoms with van der Waals surface area (Å²) in [5.74, 6) is -3.42. The summed E-state index contributed by atoms with van der Waals surface area (Å²) in [7, 11) is 5.55. The van der Waals surface area contributed by atoms with Crippen molar-refractivity contribution in [1.82, 2.24) is 9.80 Å². The average Bonchev–Trinajstić information content (AvgIpc) is 3.38. The van der Waals surface area contributed by atoms with Crippen molar-refractivity contribution in [3.63, 3.8) is 0 Å². The molecule has 0 unspecified atom stereocenters. The quantitative estimate of drug-likeness (QED) is 0.274. The van der Waals surface area contributed by atoms with Crippen LogP contribution in [0.2, 0.25) is 0 Å². The number of aliphatic hydroxyl groups is 2. The summed E-state index contributed by atoms with van der Waals surface area (Å²) in [6.45, 7) is 14.5. The Hall–Kier alpha value is -3.08. The van der Waals surface area contributed by atoms with Gasteiger partial charge < -0.3 is 43.5 Å². The van der Waals surface area contributed by atoms with Crippen LogP contribution in [0.25, 0.3) is 0 Å². The van der Waals surface area contributed by atoms with Crippen LogP contribution in [0.5, 0.6) is 0 Å². The summed E-state index contributed by atoms with van der Waals surface area (Å²) in [4.78, 5) is 43.4. The highest BCUT2D eigenvalue weighted by Gasteiger charge is 2.58. The van der Waals surface area contributed by atoms with Crippen LogP contribution in [0.1, 0.15) is 74.7 Å². The molecule has 3 aliphatic heterocycles. The minimum atomic E-state index is -1.62. The summed E-state index contributed by atoms with van der Waals surface area (Å²) in [6.07, 6.45) is -7.53. The molecule has 3 N–H and O–H groups in total. The first kappa shape index (κ1) is 42.7. The number of nitrogens with zero attached hydrogens (tertiary/aromatic N) is 2. The number of anilines is 1. The van der Waals surface area contributed by atoms with Crippen molar-refractivity contribution in [2.45, 2.75) is 141 Å². The molecular weight excluding hydrogens is 693 g/mol. The van der Waals surface area contributed by atoms with Gasteiger partial charge in [0, 0.05) is 24.2 Å². The molecule has 3 heterocycles. The Balaban J connectivity index is 1.70. The number of amides is 1. The Kier molecular flexibility index (Phi) is 13.8. The van der Waals surface area contributed by atoms with Gasteiger partial charge in [0.25, 0.3) is 0 Å². The Bertz CT molecular complexity index is 1430. The minimum Gasteiger partial charge on any atom is -0.458 e. The first-order chi connectivity index (χ1) is 24.7. The summed E-state index contributed by atoms with van der Waals surface area (Å²) < 4.78 is 50.2. The molecule has 0 radical (unpaired) electrons. The fourth-order valence-corrected chi connectivity index (χ4v) is 8.30. The molecular formula is C38H60FN3O11. The maximum Gasteiger partial charge on any atom is 0.509 e. The summed E-state index contributed by atoms with van der Waals surface area (Å²) in [5.41, 5.74) is -2.73. The van der Waals surface area contributed by atoms with Gasteiger partial charge in [0.05, 0.1) is 35.9 Å². The van der Waals surface area contributed by atoms with Crippen molar-refractivity contribution in [2.24, 2.45) is 17.8 Å². The lowest BCUT2D eigenvalue weighted by Gasteiger charge is -2.47. The second-order valence-corrected chi connectivity index (χ2v) is 16.0. The molecule has 300 valence electrons. The molecule has 0 saturated carbocycles. The van der Waals surface area contributed by atoms with Crippen molar-refractivity contribution in [3.8, 4) is 0 Å².